The molecule has 0 bridgehead atoms. The number of hydrogen-bond acceptors (Lipinski definition) is 5. The Morgan fingerprint density at radius 2 is 1.74 bits per heavy atom. The Labute approximate surface area is 236 Å². The van der Waals surface area contributed by atoms with E-state index in [1.54, 1.807) is 11.0 Å². The van der Waals surface area contributed by atoms with E-state index >= 15 is 0 Å². The number of amides is 1. The zero-order valence-electron chi connectivity index (χ0n) is 20.8. The minimum absolute atomic E-state index is 0.0354. The van der Waals surface area contributed by atoms with Crippen LogP contribution in [0.1, 0.15) is 37.5 Å². The van der Waals surface area contributed by atoms with E-state index in [0.717, 1.165) is 21.3 Å². The van der Waals surface area contributed by atoms with E-state index in [0.29, 0.717) is 38.0 Å². The maximum atomic E-state index is 13.8. The molecule has 3 aromatic carbocycles. The summed E-state index contributed by atoms with van der Waals surface area (Å²) in [7, 11) is 0. The second-order valence-corrected chi connectivity index (χ2v) is 12.5. The second kappa shape index (κ2) is 9.15. The summed E-state index contributed by atoms with van der Waals surface area (Å²) in [6.07, 6.45) is 0. The lowest BCUT2D eigenvalue weighted by Gasteiger charge is -2.18. The minimum Gasteiger partial charge on any atom is -0.303 e. The zero-order valence-corrected chi connectivity index (χ0v) is 24.0. The lowest BCUT2D eigenvalue weighted by atomic mass is 9.87. The van der Waals surface area contributed by atoms with E-state index in [1.807, 2.05) is 48.5 Å². The fourth-order valence-corrected chi connectivity index (χ4v) is 6.16. The number of carbonyl (C=O) groups excluding carboxylic acids is 1. The largest absolute Gasteiger partial charge is 0.303 e. The van der Waals surface area contributed by atoms with Crippen molar-refractivity contribution in [1.29, 1.82) is 0 Å². The Bertz CT molecular complexity index is 1850. The van der Waals surface area contributed by atoms with Crippen molar-refractivity contribution in [2.24, 2.45) is 0 Å². The predicted molar refractivity (Wildman–Crippen MR) is 156 cm³/mol. The molecule has 6 nitrogen and oxygen atoms in total. The van der Waals surface area contributed by atoms with E-state index in [2.05, 4.69) is 58.9 Å². The highest BCUT2D eigenvalue weighted by molar-refractivity contribution is 9.10. The Balaban J connectivity index is 1.46. The average molecular weight is 606 g/mol. The van der Waals surface area contributed by atoms with Crippen molar-refractivity contribution < 1.29 is 4.79 Å². The van der Waals surface area contributed by atoms with Gasteiger partial charge in [-0.25, -0.2) is 0 Å². The standard InChI is InChI=1S/C29H22BrClN4O2S/c1-29(2,3)18-10-8-16(9-11-18)25-32-28-35(33-25)27(37)24(38-28)23-20-14-19(30)12-13-22(20)34(26(23)36)15-17-6-4-5-7-21(17)31/h4-14H,15H2,1-3H3. The lowest BCUT2D eigenvalue weighted by molar-refractivity contribution is -0.113. The van der Waals surface area contributed by atoms with Crippen LogP contribution in [-0.2, 0) is 16.8 Å². The van der Waals surface area contributed by atoms with Crippen molar-refractivity contribution in [1.82, 2.24) is 14.6 Å². The Hall–Kier alpha value is -3.33. The van der Waals surface area contributed by atoms with Crippen molar-refractivity contribution in [3.63, 3.8) is 0 Å². The number of thiazole rings is 1. The van der Waals surface area contributed by atoms with Gasteiger partial charge in [0.15, 0.2) is 5.82 Å². The number of halogens is 2. The van der Waals surface area contributed by atoms with Crippen molar-refractivity contribution in [2.45, 2.75) is 32.7 Å². The van der Waals surface area contributed by atoms with Crippen LogP contribution in [0.15, 0.2) is 76.0 Å². The van der Waals surface area contributed by atoms with Gasteiger partial charge in [-0.05, 0) is 40.8 Å². The molecule has 5 aromatic rings. The van der Waals surface area contributed by atoms with Crippen molar-refractivity contribution >= 4 is 61.0 Å². The van der Waals surface area contributed by atoms with E-state index < -0.39 is 0 Å². The molecule has 0 aliphatic carbocycles. The number of hydrogen-bond donors (Lipinski definition) is 0. The first-order valence-electron chi connectivity index (χ1n) is 12.0. The van der Waals surface area contributed by atoms with Gasteiger partial charge in [0.2, 0.25) is 4.96 Å². The molecule has 1 aliphatic heterocycles. The highest BCUT2D eigenvalue weighted by Crippen LogP contribution is 2.39. The molecule has 0 saturated heterocycles. The lowest BCUT2D eigenvalue weighted by Crippen LogP contribution is -2.32. The van der Waals surface area contributed by atoms with Crippen molar-refractivity contribution in [2.75, 3.05) is 4.90 Å². The summed E-state index contributed by atoms with van der Waals surface area (Å²) >= 11 is 11.1. The van der Waals surface area contributed by atoms with E-state index in [9.17, 15) is 9.59 Å². The molecule has 0 spiro atoms. The average Bonchev–Trinajstić information content (AvgIpc) is 3.51. The smallest absolute Gasteiger partial charge is 0.291 e. The maximum Gasteiger partial charge on any atom is 0.291 e. The molecule has 3 heterocycles. The third-order valence-corrected chi connectivity index (χ3v) is 8.55. The van der Waals surface area contributed by atoms with Gasteiger partial charge in [0, 0.05) is 20.6 Å². The summed E-state index contributed by atoms with van der Waals surface area (Å²) in [5, 5.41) is 5.08. The van der Waals surface area contributed by atoms with Crippen LogP contribution < -0.4 is 15.0 Å². The number of carbonyl (C=O) groups is 1. The third-order valence-electron chi connectivity index (χ3n) is 6.66. The summed E-state index contributed by atoms with van der Waals surface area (Å²) in [6, 6.07) is 21.1. The van der Waals surface area contributed by atoms with E-state index in [1.165, 1.54) is 21.4 Å². The summed E-state index contributed by atoms with van der Waals surface area (Å²) < 4.78 is 2.43. The zero-order chi connectivity index (χ0) is 26.8. The van der Waals surface area contributed by atoms with Gasteiger partial charge in [-0.1, -0.05) is 102 Å². The molecule has 0 fully saturated rings. The van der Waals surface area contributed by atoms with Crippen LogP contribution in [-0.4, -0.2) is 20.5 Å². The Kier molecular flexibility index (Phi) is 6.01. The third kappa shape index (κ3) is 4.17. The van der Waals surface area contributed by atoms with E-state index in [4.69, 9.17) is 11.6 Å². The highest BCUT2D eigenvalue weighted by atomic mass is 79.9. The number of rotatable bonds is 3. The predicted octanol–water partition coefficient (Wildman–Crippen LogP) is 6.00. The molecular formula is C29H22BrClN4O2S. The number of aromatic nitrogens is 3. The monoisotopic (exact) mass is 604 g/mol. The molecule has 1 aliphatic rings. The molecule has 0 saturated carbocycles. The topological polar surface area (TPSA) is 67.6 Å². The maximum absolute atomic E-state index is 13.8. The SMILES string of the molecule is CC(C)(C)c1ccc(-c2nc3sc(=C4C(=O)N(Cc5ccccc5Cl)c5ccc(Br)cc54)c(=O)n3n2)cc1. The van der Waals surface area contributed by atoms with Crippen LogP contribution >= 0.6 is 38.9 Å². The van der Waals surface area contributed by atoms with Gasteiger partial charge in [0.1, 0.15) is 4.53 Å². The quantitative estimate of drug-likeness (QED) is 0.253. The first kappa shape index (κ1) is 25.0. The molecule has 0 unspecified atom stereocenters. The Morgan fingerprint density at radius 3 is 2.42 bits per heavy atom. The van der Waals surface area contributed by atoms with Crippen LogP contribution in [0.25, 0.3) is 21.9 Å². The van der Waals surface area contributed by atoms with Gasteiger partial charge in [-0.2, -0.15) is 9.50 Å². The van der Waals surface area contributed by atoms with Gasteiger partial charge in [-0.15, -0.1) is 5.10 Å². The van der Waals surface area contributed by atoms with Crippen LogP contribution in [0, 0.1) is 0 Å². The fourth-order valence-electron chi connectivity index (χ4n) is 4.60. The van der Waals surface area contributed by atoms with Crippen LogP contribution in [0.5, 0.6) is 0 Å². The molecule has 9 heteroatoms. The molecule has 0 atom stereocenters. The molecule has 6 rings (SSSR count). The fraction of sp³-hybridized carbons (Fsp3) is 0.172. The van der Waals surface area contributed by atoms with Gasteiger partial charge >= 0.3 is 0 Å². The minimum atomic E-state index is -0.357. The van der Waals surface area contributed by atoms with Crippen LogP contribution in [0.4, 0.5) is 5.69 Å². The van der Waals surface area contributed by atoms with Gasteiger partial charge < -0.3 is 4.90 Å². The van der Waals surface area contributed by atoms with Crippen LogP contribution in [0.3, 0.4) is 0 Å². The van der Waals surface area contributed by atoms with E-state index in [-0.39, 0.29) is 16.9 Å². The molecule has 0 radical (unpaired) electrons. The Morgan fingerprint density at radius 1 is 1.00 bits per heavy atom. The molecule has 1 amide bonds. The van der Waals surface area contributed by atoms with Crippen molar-refractivity contribution in [3.05, 3.63) is 108 Å². The number of fused-ring (bicyclic) bond motifs is 2. The van der Waals surface area contributed by atoms with Gasteiger partial charge in [0.05, 0.1) is 17.8 Å². The summed E-state index contributed by atoms with van der Waals surface area (Å²) in [5.41, 5.74) is 4.31. The molecule has 38 heavy (non-hydrogen) atoms. The molecule has 0 N–H and O–H groups in total. The first-order chi connectivity index (χ1) is 18.1. The number of benzene rings is 3. The highest BCUT2D eigenvalue weighted by Gasteiger charge is 2.35. The summed E-state index contributed by atoms with van der Waals surface area (Å²) in [5.74, 6) is 0.226. The number of anilines is 1. The van der Waals surface area contributed by atoms with Crippen molar-refractivity contribution in [3.8, 4) is 11.4 Å². The molecule has 190 valence electrons. The van der Waals surface area contributed by atoms with Crippen LogP contribution in [0.2, 0.25) is 5.02 Å². The normalized spacial score (nSPS) is 15.0. The van der Waals surface area contributed by atoms with Gasteiger partial charge in [0.25, 0.3) is 11.5 Å². The first-order valence-corrected chi connectivity index (χ1v) is 14.0. The molecule has 2 aromatic heterocycles. The van der Waals surface area contributed by atoms with Gasteiger partial charge in [-0.3, -0.25) is 9.59 Å². The summed E-state index contributed by atoms with van der Waals surface area (Å²) in [6.45, 7) is 6.77. The second-order valence-electron chi connectivity index (χ2n) is 10.2. The summed E-state index contributed by atoms with van der Waals surface area (Å²) in [4.78, 5) is 34.1. The number of nitrogens with zero attached hydrogens (tertiary/aromatic N) is 4. The molecular weight excluding hydrogens is 584 g/mol.